The summed E-state index contributed by atoms with van der Waals surface area (Å²) >= 11 is 0.843. The van der Waals surface area contributed by atoms with Gasteiger partial charge in [0.15, 0.2) is 23.3 Å². The molecule has 2 N–H and O–H groups in total. The van der Waals surface area contributed by atoms with Crippen molar-refractivity contribution in [2.75, 3.05) is 53.3 Å². The van der Waals surface area contributed by atoms with Crippen molar-refractivity contribution in [2.24, 2.45) is 5.41 Å². The van der Waals surface area contributed by atoms with Gasteiger partial charge in [-0.2, -0.15) is 0 Å². The summed E-state index contributed by atoms with van der Waals surface area (Å²) in [5.41, 5.74) is 0.358. The highest BCUT2D eigenvalue weighted by molar-refractivity contribution is 7.17. The van der Waals surface area contributed by atoms with Crippen LogP contribution in [-0.4, -0.2) is 55.6 Å². The van der Waals surface area contributed by atoms with E-state index in [1.54, 1.807) is 0 Å². The van der Waals surface area contributed by atoms with Gasteiger partial charge in [0.05, 0.1) is 22.3 Å². The third-order valence-electron chi connectivity index (χ3n) is 10.1. The van der Waals surface area contributed by atoms with E-state index in [1.807, 2.05) is 4.90 Å². The maximum absolute atomic E-state index is 14.7. The zero-order chi connectivity index (χ0) is 38.6. The average Bonchev–Trinajstić information content (AvgIpc) is 3.52. The average molecular weight is 778 g/mol. The fourth-order valence-corrected chi connectivity index (χ4v) is 8.36. The zero-order valence-corrected chi connectivity index (χ0v) is 29.5. The zero-order valence-electron chi connectivity index (χ0n) is 28.7. The number of fused-ring (bicyclic) bond motifs is 3. The number of anilines is 4. The molecule has 2 saturated heterocycles. The molecular weight excluding hydrogens is 749 g/mol. The number of carbonyl (C=O) groups is 3. The van der Waals surface area contributed by atoms with Gasteiger partial charge in [-0.3, -0.25) is 14.4 Å². The number of hydrogen-bond donors (Lipinski definition) is 2. The molecule has 0 unspecified atom stereocenters. The fraction of sp³-hybridized carbons (Fsp3) is 0.231. The third-order valence-corrected chi connectivity index (χ3v) is 11.3. The highest BCUT2D eigenvalue weighted by atomic mass is 32.1. The Balaban J connectivity index is 1.01. The number of aromatic nitrogens is 1. The maximum Gasteiger partial charge on any atom is 0.265 e. The Labute approximate surface area is 313 Å². The Morgan fingerprint density at radius 3 is 2.18 bits per heavy atom. The number of rotatable bonds is 6. The molecule has 9 nitrogen and oxygen atoms in total. The molecule has 0 saturated carbocycles. The summed E-state index contributed by atoms with van der Waals surface area (Å²) < 4.78 is 91.0. The Kier molecular flexibility index (Phi) is 9.33. The predicted molar refractivity (Wildman–Crippen MR) is 193 cm³/mol. The number of hydrogen-bond acceptors (Lipinski definition) is 7. The number of halogens is 6. The molecule has 3 amide bonds. The van der Waals surface area contributed by atoms with E-state index < -0.39 is 58.3 Å². The molecule has 2 fully saturated rings. The van der Waals surface area contributed by atoms with Gasteiger partial charge in [-0.05, 0) is 67.3 Å². The van der Waals surface area contributed by atoms with E-state index in [1.165, 1.54) is 35.2 Å². The number of amides is 3. The van der Waals surface area contributed by atoms with Crippen molar-refractivity contribution in [2.45, 2.75) is 19.3 Å². The lowest BCUT2D eigenvalue weighted by Crippen LogP contribution is -2.59. The molecular formula is C39H29F6N5O4S. The molecule has 0 radical (unpaired) electrons. The summed E-state index contributed by atoms with van der Waals surface area (Å²) in [7, 11) is 0. The van der Waals surface area contributed by atoms with Gasteiger partial charge in [-0.1, -0.05) is 0 Å². The molecule has 3 aromatic carbocycles. The Morgan fingerprint density at radius 1 is 0.782 bits per heavy atom. The lowest BCUT2D eigenvalue weighted by Gasteiger charge is -2.53. The number of thiophene rings is 1. The van der Waals surface area contributed by atoms with E-state index in [2.05, 4.69) is 15.6 Å². The summed E-state index contributed by atoms with van der Waals surface area (Å²) in [6.45, 7) is 2.66. The van der Waals surface area contributed by atoms with Crippen LogP contribution in [0.3, 0.4) is 0 Å². The highest BCUT2D eigenvalue weighted by Gasteiger charge is 2.45. The summed E-state index contributed by atoms with van der Waals surface area (Å²) in [6, 6.07) is 11.0. The first-order valence-electron chi connectivity index (χ1n) is 17.2. The second-order valence-corrected chi connectivity index (χ2v) is 14.7. The fourth-order valence-electron chi connectivity index (χ4n) is 7.23. The van der Waals surface area contributed by atoms with Crippen molar-refractivity contribution in [3.8, 4) is 10.4 Å². The van der Waals surface area contributed by atoms with E-state index >= 15 is 0 Å². The van der Waals surface area contributed by atoms with Gasteiger partial charge in [0.2, 0.25) is 0 Å². The van der Waals surface area contributed by atoms with Crippen molar-refractivity contribution in [1.29, 1.82) is 0 Å². The van der Waals surface area contributed by atoms with Crippen molar-refractivity contribution < 1.29 is 45.5 Å². The molecule has 3 aliphatic heterocycles. The van der Waals surface area contributed by atoms with Crippen LogP contribution in [0.4, 0.5) is 49.2 Å². The molecule has 1 spiro atoms. The second-order valence-electron chi connectivity index (χ2n) is 13.7. The Hall–Kier alpha value is -5.74. The number of pyridine rings is 1. The van der Waals surface area contributed by atoms with E-state index in [0.29, 0.717) is 60.4 Å². The number of nitrogens with one attached hydrogen (secondary N) is 2. The normalized spacial score (nSPS) is 15.8. The summed E-state index contributed by atoms with van der Waals surface area (Å²) in [5, 5.41) is 4.83. The van der Waals surface area contributed by atoms with Crippen LogP contribution in [0.25, 0.3) is 10.4 Å². The summed E-state index contributed by atoms with van der Waals surface area (Å²) in [4.78, 5) is 48.1. The lowest BCUT2D eigenvalue weighted by atomic mass is 9.73. The van der Waals surface area contributed by atoms with E-state index in [4.69, 9.17) is 4.74 Å². The minimum absolute atomic E-state index is 0.0177. The number of ether oxygens (including phenoxy) is 1. The first kappa shape index (κ1) is 36.2. The first-order valence-corrected chi connectivity index (χ1v) is 18.0. The Morgan fingerprint density at radius 2 is 1.47 bits per heavy atom. The molecule has 5 heterocycles. The van der Waals surface area contributed by atoms with Crippen molar-refractivity contribution in [3.63, 3.8) is 0 Å². The standard InChI is InChI=1S/C39H29F6N5O4S/c40-22-13-29(44)33(30(45)14-22)48-37(52)32-11-21-5-8-50(31-16-28(43)27(42)15-25(31)34(21)55-32)38(53)20-1-3-24(4-2-20)47-36(51)26-12-23(41)17-46-35(26)49-18-39(19-49)6-9-54-10-7-39/h1-4,11-17H,5-10,18-19H2,(H,47,51)(H,48,52). The van der Waals surface area contributed by atoms with Crippen LogP contribution in [0.5, 0.6) is 0 Å². The van der Waals surface area contributed by atoms with E-state index in [9.17, 15) is 40.7 Å². The van der Waals surface area contributed by atoms with Gasteiger partial charge < -0.3 is 25.2 Å². The molecule has 55 heavy (non-hydrogen) atoms. The molecule has 5 aromatic rings. The minimum atomic E-state index is -1.32. The summed E-state index contributed by atoms with van der Waals surface area (Å²) in [5.74, 6) is -8.62. The molecule has 2 aromatic heterocycles. The quantitative estimate of drug-likeness (QED) is 0.170. The second kappa shape index (κ2) is 14.2. The van der Waals surface area contributed by atoms with Gasteiger partial charge in [0.25, 0.3) is 17.7 Å². The lowest BCUT2D eigenvalue weighted by molar-refractivity contribution is -0.000516. The monoisotopic (exact) mass is 777 g/mol. The molecule has 0 bridgehead atoms. The van der Waals surface area contributed by atoms with Crippen molar-refractivity contribution in [3.05, 3.63) is 123 Å². The number of carbonyl (C=O) groups excluding carboxylic acids is 3. The smallest absolute Gasteiger partial charge is 0.265 e. The van der Waals surface area contributed by atoms with Crippen LogP contribution in [0.1, 0.15) is 48.8 Å². The van der Waals surface area contributed by atoms with Crippen LogP contribution in [0, 0.1) is 40.3 Å². The Bertz CT molecular complexity index is 2350. The van der Waals surface area contributed by atoms with Crippen LogP contribution < -0.4 is 20.4 Å². The molecule has 8 rings (SSSR count). The van der Waals surface area contributed by atoms with Crippen LogP contribution >= 0.6 is 11.3 Å². The van der Waals surface area contributed by atoms with Gasteiger partial charge in [-0.15, -0.1) is 11.3 Å². The molecule has 0 aliphatic carbocycles. The van der Waals surface area contributed by atoms with Gasteiger partial charge in [0.1, 0.15) is 23.1 Å². The SMILES string of the molecule is O=C(Nc1c(F)cc(F)cc1F)c1cc2c(s1)-c1cc(F)c(F)cc1N(C(=O)c1ccc(NC(=O)c3cc(F)cnc3N3CC4(CCOCC4)C3)cc1)CC2. The van der Waals surface area contributed by atoms with Gasteiger partial charge in [-0.25, -0.2) is 31.3 Å². The van der Waals surface area contributed by atoms with E-state index in [-0.39, 0.29) is 45.6 Å². The molecule has 282 valence electrons. The summed E-state index contributed by atoms with van der Waals surface area (Å²) in [6.07, 6.45) is 2.99. The van der Waals surface area contributed by atoms with Crippen molar-refractivity contribution in [1.82, 2.24) is 4.98 Å². The van der Waals surface area contributed by atoms with Crippen LogP contribution in [-0.2, 0) is 11.2 Å². The van der Waals surface area contributed by atoms with Gasteiger partial charge >= 0.3 is 0 Å². The van der Waals surface area contributed by atoms with Crippen LogP contribution in [0.2, 0.25) is 0 Å². The molecule has 16 heteroatoms. The molecule has 0 atom stereocenters. The van der Waals surface area contributed by atoms with Crippen LogP contribution in [0.15, 0.2) is 66.9 Å². The van der Waals surface area contributed by atoms with Crippen molar-refractivity contribution >= 4 is 51.9 Å². The third kappa shape index (κ3) is 6.91. The highest BCUT2D eigenvalue weighted by Crippen LogP contribution is 2.44. The predicted octanol–water partition coefficient (Wildman–Crippen LogP) is 7.97. The molecule has 3 aliphatic rings. The maximum atomic E-state index is 14.7. The number of benzene rings is 3. The first-order chi connectivity index (χ1) is 26.4. The largest absolute Gasteiger partial charge is 0.381 e. The number of nitrogens with zero attached hydrogens (tertiary/aromatic N) is 3. The minimum Gasteiger partial charge on any atom is -0.381 e. The topological polar surface area (TPSA) is 104 Å². The van der Waals surface area contributed by atoms with Gasteiger partial charge in [0, 0.05) is 78.2 Å². The van der Waals surface area contributed by atoms with E-state index in [0.717, 1.165) is 48.6 Å².